The molecule has 102 valence electrons. The van der Waals surface area contributed by atoms with Crippen LogP contribution < -0.4 is 4.74 Å². The number of nitrogens with zero attached hydrogens (tertiary/aromatic N) is 1. The maximum Gasteiger partial charge on any atom is 0.148 e. The van der Waals surface area contributed by atoms with Gasteiger partial charge in [0.05, 0.1) is 23.7 Å². The highest BCUT2D eigenvalue weighted by Gasteiger charge is 2.27. The van der Waals surface area contributed by atoms with Crippen molar-refractivity contribution in [3.8, 4) is 17.0 Å². The lowest BCUT2D eigenvalue weighted by Crippen LogP contribution is -2.01. The van der Waals surface area contributed by atoms with Gasteiger partial charge in [0.2, 0.25) is 0 Å². The van der Waals surface area contributed by atoms with Crippen LogP contribution in [0.15, 0.2) is 33.7 Å². The van der Waals surface area contributed by atoms with Crippen LogP contribution in [0.25, 0.3) is 11.3 Å². The van der Waals surface area contributed by atoms with E-state index in [2.05, 4.69) is 50.2 Å². The lowest BCUT2D eigenvalue weighted by atomic mass is 10.1. The van der Waals surface area contributed by atoms with Crippen molar-refractivity contribution in [1.29, 1.82) is 0 Å². The number of benzene rings is 1. The zero-order valence-corrected chi connectivity index (χ0v) is 12.7. The molecule has 2 aliphatic rings. The van der Waals surface area contributed by atoms with Gasteiger partial charge in [0.15, 0.2) is 0 Å². The van der Waals surface area contributed by atoms with E-state index >= 15 is 0 Å². The average molecular weight is 331 g/mol. The molecule has 0 atom stereocenters. The Morgan fingerprint density at radius 3 is 2.70 bits per heavy atom. The van der Waals surface area contributed by atoms with Gasteiger partial charge in [0, 0.05) is 28.6 Å². The first-order chi connectivity index (χ1) is 9.83. The van der Waals surface area contributed by atoms with Gasteiger partial charge in [-0.15, -0.1) is 0 Å². The van der Waals surface area contributed by atoms with Crippen LogP contribution in [0.2, 0.25) is 0 Å². The van der Waals surface area contributed by atoms with E-state index in [1.54, 1.807) is 0 Å². The normalized spacial score (nSPS) is 16.9. The molecule has 1 aromatic heterocycles. The molecular formula is C16H15BrN2O. The van der Waals surface area contributed by atoms with Gasteiger partial charge in [-0.1, -0.05) is 28.1 Å². The Morgan fingerprint density at radius 2 is 1.95 bits per heavy atom. The fraction of sp³-hybridized carbons (Fsp3) is 0.312. The quantitative estimate of drug-likeness (QED) is 0.889. The van der Waals surface area contributed by atoms with Crippen LogP contribution in [0.4, 0.5) is 0 Å². The van der Waals surface area contributed by atoms with E-state index in [0.717, 1.165) is 53.9 Å². The number of hydrogen-bond donors (Lipinski definition) is 1. The van der Waals surface area contributed by atoms with Gasteiger partial charge in [-0.2, -0.15) is 0 Å². The van der Waals surface area contributed by atoms with Crippen LogP contribution in [-0.4, -0.2) is 23.8 Å². The van der Waals surface area contributed by atoms with Crippen LogP contribution in [0, 0.1) is 0 Å². The fourth-order valence-electron chi connectivity index (χ4n) is 2.98. The summed E-state index contributed by atoms with van der Waals surface area (Å²) in [5.74, 6) is 1.02. The number of rotatable bonds is 2. The first-order valence-corrected chi connectivity index (χ1v) is 7.79. The lowest BCUT2D eigenvalue weighted by Gasteiger charge is -2.03. The molecule has 2 aliphatic heterocycles. The van der Waals surface area contributed by atoms with Crippen molar-refractivity contribution in [3.05, 3.63) is 40.0 Å². The van der Waals surface area contributed by atoms with Gasteiger partial charge in [-0.3, -0.25) is 4.99 Å². The summed E-state index contributed by atoms with van der Waals surface area (Å²) in [6.45, 7) is 1.74. The lowest BCUT2D eigenvalue weighted by molar-refractivity contribution is 0.357. The van der Waals surface area contributed by atoms with E-state index in [0.29, 0.717) is 0 Å². The number of ether oxygens (including phenoxy) is 1. The summed E-state index contributed by atoms with van der Waals surface area (Å²) in [5, 5.41) is 0. The van der Waals surface area contributed by atoms with Gasteiger partial charge in [0.25, 0.3) is 0 Å². The second-order valence-electron chi connectivity index (χ2n) is 5.22. The molecule has 3 heterocycles. The number of fused-ring (bicyclic) bond motifs is 1. The SMILES string of the molecule is Brc1ccc(-c2[nH]c(C3=NCCC3)c3c2OCC3)cc1. The molecule has 0 saturated heterocycles. The van der Waals surface area contributed by atoms with Crippen LogP contribution in [-0.2, 0) is 6.42 Å². The first kappa shape index (κ1) is 12.2. The predicted molar refractivity (Wildman–Crippen MR) is 83.8 cm³/mol. The second kappa shape index (κ2) is 4.77. The number of hydrogen-bond acceptors (Lipinski definition) is 2. The molecule has 0 unspecified atom stereocenters. The van der Waals surface area contributed by atoms with Crippen LogP contribution in [0.1, 0.15) is 24.1 Å². The summed E-state index contributed by atoms with van der Waals surface area (Å²) in [7, 11) is 0. The van der Waals surface area contributed by atoms with Crippen LogP contribution in [0.5, 0.6) is 5.75 Å². The first-order valence-electron chi connectivity index (χ1n) is 7.00. The molecular weight excluding hydrogens is 316 g/mol. The highest BCUT2D eigenvalue weighted by atomic mass is 79.9. The highest BCUT2D eigenvalue weighted by Crippen LogP contribution is 2.40. The zero-order valence-electron chi connectivity index (χ0n) is 11.1. The van der Waals surface area contributed by atoms with E-state index in [1.807, 2.05) is 0 Å². The third kappa shape index (κ3) is 1.90. The number of nitrogens with one attached hydrogen (secondary N) is 1. The van der Waals surface area contributed by atoms with E-state index in [-0.39, 0.29) is 0 Å². The third-order valence-corrected chi connectivity index (χ3v) is 4.48. The molecule has 0 spiro atoms. The van der Waals surface area contributed by atoms with Gasteiger partial charge in [-0.05, 0) is 25.0 Å². The van der Waals surface area contributed by atoms with Gasteiger partial charge < -0.3 is 9.72 Å². The monoisotopic (exact) mass is 330 g/mol. The number of aliphatic imine (C=N–C) groups is 1. The Balaban J connectivity index is 1.84. The molecule has 0 fully saturated rings. The maximum atomic E-state index is 5.86. The van der Waals surface area contributed by atoms with E-state index in [9.17, 15) is 0 Å². The molecule has 0 aliphatic carbocycles. The number of H-pyrrole nitrogens is 1. The van der Waals surface area contributed by atoms with E-state index in [1.165, 1.54) is 17.0 Å². The molecule has 4 heteroatoms. The maximum absolute atomic E-state index is 5.86. The molecule has 0 radical (unpaired) electrons. The van der Waals surface area contributed by atoms with Gasteiger partial charge in [-0.25, -0.2) is 0 Å². The summed E-state index contributed by atoms with van der Waals surface area (Å²) in [4.78, 5) is 8.19. The predicted octanol–water partition coefficient (Wildman–Crippen LogP) is 3.96. The minimum atomic E-state index is 0.781. The Labute approximate surface area is 126 Å². The van der Waals surface area contributed by atoms with Crippen molar-refractivity contribution < 1.29 is 4.74 Å². The third-order valence-electron chi connectivity index (χ3n) is 3.95. The minimum Gasteiger partial charge on any atom is -0.491 e. The molecule has 0 amide bonds. The summed E-state index contributed by atoms with van der Waals surface area (Å²) in [6.07, 6.45) is 3.22. The molecule has 1 aromatic carbocycles. The van der Waals surface area contributed by atoms with Crippen molar-refractivity contribution in [3.63, 3.8) is 0 Å². The average Bonchev–Trinajstić information content (AvgIpc) is 3.16. The van der Waals surface area contributed by atoms with Crippen LogP contribution in [0.3, 0.4) is 0 Å². The highest BCUT2D eigenvalue weighted by molar-refractivity contribution is 9.10. The standard InChI is InChI=1S/C16H15BrN2O/c17-11-5-3-10(4-6-11)14-16-12(7-9-20-16)15(19-14)13-2-1-8-18-13/h3-6,19H,1-2,7-9H2. The van der Waals surface area contributed by atoms with Crippen LogP contribution >= 0.6 is 15.9 Å². The fourth-order valence-corrected chi connectivity index (χ4v) is 3.25. The summed E-state index contributed by atoms with van der Waals surface area (Å²) in [5.41, 5.74) is 5.98. The van der Waals surface area contributed by atoms with E-state index < -0.39 is 0 Å². The zero-order chi connectivity index (χ0) is 13.5. The Morgan fingerprint density at radius 1 is 1.10 bits per heavy atom. The topological polar surface area (TPSA) is 37.4 Å². The van der Waals surface area contributed by atoms with Crippen molar-refractivity contribution in [2.75, 3.05) is 13.2 Å². The van der Waals surface area contributed by atoms with Crippen molar-refractivity contribution in [2.45, 2.75) is 19.3 Å². The summed E-state index contributed by atoms with van der Waals surface area (Å²) >= 11 is 3.48. The van der Waals surface area contributed by atoms with Crippen molar-refractivity contribution >= 4 is 21.6 Å². The Kier molecular flexibility index (Phi) is 2.91. The second-order valence-corrected chi connectivity index (χ2v) is 6.14. The largest absolute Gasteiger partial charge is 0.491 e. The Bertz CT molecular complexity index is 685. The molecule has 2 aromatic rings. The molecule has 4 rings (SSSR count). The number of aromatic amines is 1. The molecule has 0 bridgehead atoms. The Hall–Kier alpha value is -1.55. The smallest absolute Gasteiger partial charge is 0.148 e. The molecule has 20 heavy (non-hydrogen) atoms. The van der Waals surface area contributed by atoms with Crippen molar-refractivity contribution in [2.24, 2.45) is 4.99 Å². The number of aromatic nitrogens is 1. The minimum absolute atomic E-state index is 0.781. The van der Waals surface area contributed by atoms with Gasteiger partial charge >= 0.3 is 0 Å². The summed E-state index contributed by atoms with van der Waals surface area (Å²) in [6, 6.07) is 8.34. The van der Waals surface area contributed by atoms with E-state index in [4.69, 9.17) is 4.74 Å². The van der Waals surface area contributed by atoms with Crippen molar-refractivity contribution in [1.82, 2.24) is 4.98 Å². The van der Waals surface area contributed by atoms with Gasteiger partial charge in [0.1, 0.15) is 5.75 Å². The summed E-state index contributed by atoms with van der Waals surface area (Å²) < 4.78 is 6.95. The molecule has 3 nitrogen and oxygen atoms in total. The number of halogens is 1. The molecule has 0 saturated carbocycles. The molecule has 1 N–H and O–H groups in total.